The van der Waals surface area contributed by atoms with Gasteiger partial charge in [0.2, 0.25) is 0 Å². The predicted molar refractivity (Wildman–Crippen MR) is 89.0 cm³/mol. The first-order valence-electron chi connectivity index (χ1n) is 7.78. The van der Waals surface area contributed by atoms with Gasteiger partial charge in [0.25, 0.3) is 0 Å². The first kappa shape index (κ1) is 17.1. The van der Waals surface area contributed by atoms with Gasteiger partial charge in [0.15, 0.2) is 5.82 Å². The molecule has 22 heavy (non-hydrogen) atoms. The van der Waals surface area contributed by atoms with Crippen LogP contribution in [0.15, 0.2) is 12.1 Å². The third-order valence-electron chi connectivity index (χ3n) is 4.15. The third kappa shape index (κ3) is 5.21. The van der Waals surface area contributed by atoms with Crippen molar-refractivity contribution in [2.24, 2.45) is 0 Å². The molecule has 1 aromatic rings. The normalized spacial score (nSPS) is 19.6. The van der Waals surface area contributed by atoms with Crippen LogP contribution in [0.5, 0.6) is 0 Å². The van der Waals surface area contributed by atoms with Crippen LogP contribution in [0.1, 0.15) is 25.0 Å². The summed E-state index contributed by atoms with van der Waals surface area (Å²) >= 11 is 0. The largest absolute Gasteiger partial charge is 0.354 e. The number of piperidine rings is 1. The van der Waals surface area contributed by atoms with Gasteiger partial charge in [-0.15, -0.1) is 5.10 Å². The minimum absolute atomic E-state index is 0.261. The van der Waals surface area contributed by atoms with Crippen molar-refractivity contribution in [3.05, 3.63) is 17.8 Å². The number of sulfone groups is 1. The summed E-state index contributed by atoms with van der Waals surface area (Å²) < 4.78 is 22.4. The Balaban J connectivity index is 1.88. The number of anilines is 1. The first-order valence-corrected chi connectivity index (χ1v) is 9.84. The highest BCUT2D eigenvalue weighted by Gasteiger charge is 2.24. The van der Waals surface area contributed by atoms with Crippen LogP contribution in [0.3, 0.4) is 0 Å². The zero-order valence-corrected chi connectivity index (χ0v) is 14.5. The quantitative estimate of drug-likeness (QED) is 0.780. The first-order chi connectivity index (χ1) is 10.3. The van der Waals surface area contributed by atoms with Gasteiger partial charge in [-0.1, -0.05) is 0 Å². The van der Waals surface area contributed by atoms with E-state index in [0.717, 1.165) is 44.0 Å². The van der Waals surface area contributed by atoms with Crippen molar-refractivity contribution in [1.29, 1.82) is 0 Å². The fraction of sp³-hybridized carbons (Fsp3) is 0.733. The van der Waals surface area contributed by atoms with E-state index in [2.05, 4.69) is 27.0 Å². The molecule has 0 bridgehead atoms. The Morgan fingerprint density at radius 1 is 1.36 bits per heavy atom. The Kier molecular flexibility index (Phi) is 5.74. The second-order valence-electron chi connectivity index (χ2n) is 6.24. The SMILES string of the molecule is Cc1ccc(N2CCC[C@@H](N(C)CCCS(C)(=O)=O)C2)nn1. The summed E-state index contributed by atoms with van der Waals surface area (Å²) in [6.45, 7) is 4.68. The van der Waals surface area contributed by atoms with Crippen LogP contribution < -0.4 is 4.90 Å². The van der Waals surface area contributed by atoms with E-state index in [1.54, 1.807) is 0 Å². The molecule has 1 fully saturated rings. The number of aryl methyl sites for hydroxylation is 1. The predicted octanol–water partition coefficient (Wildman–Crippen LogP) is 1.12. The molecule has 0 saturated carbocycles. The minimum Gasteiger partial charge on any atom is -0.354 e. The van der Waals surface area contributed by atoms with Crippen molar-refractivity contribution in [2.45, 2.75) is 32.2 Å². The van der Waals surface area contributed by atoms with Gasteiger partial charge in [0.1, 0.15) is 9.84 Å². The molecule has 0 aromatic carbocycles. The smallest absolute Gasteiger partial charge is 0.151 e. The summed E-state index contributed by atoms with van der Waals surface area (Å²) in [4.78, 5) is 4.55. The van der Waals surface area contributed by atoms with Crippen LogP contribution in [-0.2, 0) is 9.84 Å². The molecule has 6 nitrogen and oxygen atoms in total. The Morgan fingerprint density at radius 2 is 2.14 bits per heavy atom. The lowest BCUT2D eigenvalue weighted by atomic mass is 10.0. The molecule has 1 saturated heterocycles. The fourth-order valence-electron chi connectivity index (χ4n) is 2.84. The van der Waals surface area contributed by atoms with Crippen LogP contribution in [-0.4, -0.2) is 68.2 Å². The Morgan fingerprint density at radius 3 is 2.77 bits per heavy atom. The molecular weight excluding hydrogens is 300 g/mol. The fourth-order valence-corrected chi connectivity index (χ4v) is 3.50. The summed E-state index contributed by atoms with van der Waals surface area (Å²) in [6, 6.07) is 4.45. The molecule has 124 valence electrons. The van der Waals surface area contributed by atoms with Gasteiger partial charge in [-0.05, 0) is 51.9 Å². The Bertz CT molecular complexity index is 574. The molecule has 2 heterocycles. The average molecular weight is 326 g/mol. The van der Waals surface area contributed by atoms with Crippen molar-refractivity contribution in [2.75, 3.05) is 43.6 Å². The zero-order chi connectivity index (χ0) is 16.2. The molecular formula is C15H26N4O2S. The molecule has 1 aliphatic heterocycles. The maximum absolute atomic E-state index is 11.2. The number of aromatic nitrogens is 2. The third-order valence-corrected chi connectivity index (χ3v) is 5.18. The molecule has 1 atom stereocenters. The second-order valence-corrected chi connectivity index (χ2v) is 8.50. The van der Waals surface area contributed by atoms with E-state index in [1.165, 1.54) is 6.26 Å². The van der Waals surface area contributed by atoms with Crippen molar-refractivity contribution in [3.63, 3.8) is 0 Å². The van der Waals surface area contributed by atoms with E-state index in [4.69, 9.17) is 0 Å². The van der Waals surface area contributed by atoms with Crippen molar-refractivity contribution in [3.8, 4) is 0 Å². The molecule has 0 unspecified atom stereocenters. The second kappa shape index (κ2) is 7.37. The molecule has 1 aliphatic rings. The molecule has 0 N–H and O–H groups in total. The monoisotopic (exact) mass is 326 g/mol. The number of likely N-dealkylation sites (N-methyl/N-ethyl adjacent to an activating group) is 1. The van der Waals surface area contributed by atoms with E-state index < -0.39 is 9.84 Å². The average Bonchev–Trinajstić information content (AvgIpc) is 2.47. The maximum Gasteiger partial charge on any atom is 0.151 e. The van der Waals surface area contributed by atoms with Gasteiger partial charge in [-0.2, -0.15) is 5.10 Å². The molecule has 7 heteroatoms. The van der Waals surface area contributed by atoms with E-state index >= 15 is 0 Å². The number of rotatable bonds is 6. The molecule has 0 radical (unpaired) electrons. The van der Waals surface area contributed by atoms with Gasteiger partial charge in [0.05, 0.1) is 11.4 Å². The van der Waals surface area contributed by atoms with Gasteiger partial charge >= 0.3 is 0 Å². The highest BCUT2D eigenvalue weighted by Crippen LogP contribution is 2.20. The van der Waals surface area contributed by atoms with Gasteiger partial charge in [-0.25, -0.2) is 8.42 Å². The number of nitrogens with zero attached hydrogens (tertiary/aromatic N) is 4. The number of hydrogen-bond acceptors (Lipinski definition) is 6. The summed E-state index contributed by atoms with van der Waals surface area (Å²) in [7, 11) is -0.783. The molecule has 1 aromatic heterocycles. The van der Waals surface area contributed by atoms with Crippen LogP contribution in [0, 0.1) is 6.92 Å². The summed E-state index contributed by atoms with van der Waals surface area (Å²) in [5.41, 5.74) is 0.926. The van der Waals surface area contributed by atoms with E-state index in [-0.39, 0.29) is 5.75 Å². The molecule has 0 spiro atoms. The standard InChI is InChI=1S/C15H26N4O2S/c1-13-7-8-15(17-16-13)19-10-4-6-14(12-19)18(2)9-5-11-22(3,20)21/h7-8,14H,4-6,9-12H2,1-3H3/t14-/m1/s1. The van der Waals surface area contributed by atoms with Crippen LogP contribution in [0.4, 0.5) is 5.82 Å². The highest BCUT2D eigenvalue weighted by molar-refractivity contribution is 7.90. The van der Waals surface area contributed by atoms with E-state index in [0.29, 0.717) is 12.5 Å². The number of hydrogen-bond donors (Lipinski definition) is 0. The van der Waals surface area contributed by atoms with Crippen LogP contribution in [0.25, 0.3) is 0 Å². The minimum atomic E-state index is -2.86. The highest BCUT2D eigenvalue weighted by atomic mass is 32.2. The molecule has 0 amide bonds. The Hall–Kier alpha value is -1.21. The van der Waals surface area contributed by atoms with Gasteiger partial charge in [0, 0.05) is 25.4 Å². The lowest BCUT2D eigenvalue weighted by Crippen LogP contribution is -2.47. The van der Waals surface area contributed by atoms with Crippen molar-refractivity contribution >= 4 is 15.7 Å². The van der Waals surface area contributed by atoms with E-state index in [9.17, 15) is 8.42 Å². The summed E-state index contributed by atoms with van der Waals surface area (Å²) in [5.74, 6) is 1.19. The summed E-state index contributed by atoms with van der Waals surface area (Å²) in [5, 5.41) is 8.40. The van der Waals surface area contributed by atoms with Gasteiger partial charge in [-0.3, -0.25) is 0 Å². The maximum atomic E-state index is 11.2. The lowest BCUT2D eigenvalue weighted by molar-refractivity contribution is 0.215. The Labute approximate surface area is 133 Å². The van der Waals surface area contributed by atoms with Crippen molar-refractivity contribution in [1.82, 2.24) is 15.1 Å². The van der Waals surface area contributed by atoms with Crippen LogP contribution >= 0.6 is 0 Å². The topological polar surface area (TPSA) is 66.4 Å². The lowest BCUT2D eigenvalue weighted by Gasteiger charge is -2.38. The van der Waals surface area contributed by atoms with E-state index in [1.807, 2.05) is 19.1 Å². The molecule has 2 rings (SSSR count). The van der Waals surface area contributed by atoms with Gasteiger partial charge < -0.3 is 9.80 Å². The van der Waals surface area contributed by atoms with Crippen molar-refractivity contribution < 1.29 is 8.42 Å². The molecule has 0 aliphatic carbocycles. The summed E-state index contributed by atoms with van der Waals surface area (Å²) in [6.07, 6.45) is 4.25. The zero-order valence-electron chi connectivity index (χ0n) is 13.7. The van der Waals surface area contributed by atoms with Crippen LogP contribution in [0.2, 0.25) is 0 Å².